The van der Waals surface area contributed by atoms with Crippen molar-refractivity contribution in [3.8, 4) is 0 Å². The zero-order chi connectivity index (χ0) is 12.5. The van der Waals surface area contributed by atoms with Crippen molar-refractivity contribution in [2.24, 2.45) is 11.1 Å². The molecule has 2 rings (SSSR count). The summed E-state index contributed by atoms with van der Waals surface area (Å²) >= 11 is 0. The van der Waals surface area contributed by atoms with Crippen LogP contribution in [0.2, 0.25) is 0 Å². The summed E-state index contributed by atoms with van der Waals surface area (Å²) in [6, 6.07) is 0. The Morgan fingerprint density at radius 2 is 1.76 bits per heavy atom. The summed E-state index contributed by atoms with van der Waals surface area (Å²) in [5, 5.41) is -0.107. The highest BCUT2D eigenvalue weighted by molar-refractivity contribution is 7.89. The lowest BCUT2D eigenvalue weighted by Crippen LogP contribution is -2.47. The number of nitrogens with two attached hydrogens (primary N) is 1. The monoisotopic (exact) mass is 260 g/mol. The fourth-order valence-corrected chi connectivity index (χ4v) is 4.92. The highest BCUT2D eigenvalue weighted by Crippen LogP contribution is 2.34. The second kappa shape index (κ2) is 4.86. The summed E-state index contributed by atoms with van der Waals surface area (Å²) in [4.78, 5) is 0. The molecule has 1 saturated heterocycles. The number of piperidine rings is 1. The maximum absolute atomic E-state index is 12.4. The SMILES string of the molecule is CC1(CN)CCN(S(=O)(=O)C2CCCC2)CC1. The summed E-state index contributed by atoms with van der Waals surface area (Å²) in [6.07, 6.45) is 5.64. The van der Waals surface area contributed by atoms with Crippen molar-refractivity contribution in [3.63, 3.8) is 0 Å². The van der Waals surface area contributed by atoms with E-state index in [-0.39, 0.29) is 10.7 Å². The molecule has 0 bridgehead atoms. The van der Waals surface area contributed by atoms with E-state index < -0.39 is 10.0 Å². The van der Waals surface area contributed by atoms with Crippen LogP contribution in [0.1, 0.15) is 45.4 Å². The van der Waals surface area contributed by atoms with E-state index in [4.69, 9.17) is 5.73 Å². The Kier molecular flexibility index (Phi) is 3.80. The highest BCUT2D eigenvalue weighted by Gasteiger charge is 2.38. The Bertz CT molecular complexity index is 353. The first-order valence-corrected chi connectivity index (χ1v) is 8.17. The van der Waals surface area contributed by atoms with E-state index in [1.54, 1.807) is 4.31 Å². The van der Waals surface area contributed by atoms with E-state index >= 15 is 0 Å². The number of hydrogen-bond donors (Lipinski definition) is 1. The lowest BCUT2D eigenvalue weighted by molar-refractivity contribution is 0.182. The van der Waals surface area contributed by atoms with Crippen LogP contribution in [-0.4, -0.2) is 37.6 Å². The van der Waals surface area contributed by atoms with Crippen molar-refractivity contribution in [2.75, 3.05) is 19.6 Å². The molecule has 2 aliphatic rings. The maximum atomic E-state index is 12.4. The Labute approximate surface area is 105 Å². The average molecular weight is 260 g/mol. The normalized spacial score (nSPS) is 27.4. The van der Waals surface area contributed by atoms with E-state index in [0.29, 0.717) is 19.6 Å². The van der Waals surface area contributed by atoms with Gasteiger partial charge >= 0.3 is 0 Å². The van der Waals surface area contributed by atoms with Gasteiger partial charge in [-0.05, 0) is 37.6 Å². The summed E-state index contributed by atoms with van der Waals surface area (Å²) in [5.74, 6) is 0. The van der Waals surface area contributed by atoms with E-state index in [1.807, 2.05) is 0 Å². The van der Waals surface area contributed by atoms with Crippen molar-refractivity contribution in [3.05, 3.63) is 0 Å². The van der Waals surface area contributed by atoms with Gasteiger partial charge in [0, 0.05) is 13.1 Å². The topological polar surface area (TPSA) is 63.4 Å². The molecular weight excluding hydrogens is 236 g/mol. The van der Waals surface area contributed by atoms with Crippen LogP contribution in [0.15, 0.2) is 0 Å². The summed E-state index contributed by atoms with van der Waals surface area (Å²) in [7, 11) is -3.03. The Hall–Kier alpha value is -0.130. The standard InChI is InChI=1S/C12H24N2O2S/c1-12(10-13)6-8-14(9-7-12)17(15,16)11-4-2-3-5-11/h11H,2-10,13H2,1H3. The summed E-state index contributed by atoms with van der Waals surface area (Å²) in [6.45, 7) is 4.13. The van der Waals surface area contributed by atoms with E-state index in [1.165, 1.54) is 0 Å². The highest BCUT2D eigenvalue weighted by atomic mass is 32.2. The zero-order valence-corrected chi connectivity index (χ0v) is 11.5. The molecule has 0 unspecified atom stereocenters. The summed E-state index contributed by atoms with van der Waals surface area (Å²) in [5.41, 5.74) is 5.89. The van der Waals surface area contributed by atoms with Crippen molar-refractivity contribution in [1.29, 1.82) is 0 Å². The van der Waals surface area contributed by atoms with Gasteiger partial charge in [0.2, 0.25) is 10.0 Å². The smallest absolute Gasteiger partial charge is 0.216 e. The molecule has 0 radical (unpaired) electrons. The van der Waals surface area contributed by atoms with Gasteiger partial charge in [0.05, 0.1) is 5.25 Å². The molecule has 5 heteroatoms. The first-order valence-electron chi connectivity index (χ1n) is 6.67. The molecule has 1 heterocycles. The van der Waals surface area contributed by atoms with Gasteiger partial charge < -0.3 is 5.73 Å². The Morgan fingerprint density at radius 3 is 2.24 bits per heavy atom. The lowest BCUT2D eigenvalue weighted by Gasteiger charge is -2.38. The van der Waals surface area contributed by atoms with Crippen LogP contribution in [0.5, 0.6) is 0 Å². The van der Waals surface area contributed by atoms with Crippen LogP contribution in [0.3, 0.4) is 0 Å². The Morgan fingerprint density at radius 1 is 1.24 bits per heavy atom. The number of sulfonamides is 1. The maximum Gasteiger partial charge on any atom is 0.216 e. The quantitative estimate of drug-likeness (QED) is 0.832. The molecule has 0 aromatic heterocycles. The molecule has 0 spiro atoms. The molecule has 1 saturated carbocycles. The summed E-state index contributed by atoms with van der Waals surface area (Å²) < 4.78 is 26.5. The lowest BCUT2D eigenvalue weighted by atomic mass is 9.81. The van der Waals surface area contributed by atoms with Crippen LogP contribution >= 0.6 is 0 Å². The van der Waals surface area contributed by atoms with E-state index in [9.17, 15) is 8.42 Å². The molecule has 4 nitrogen and oxygen atoms in total. The second-order valence-corrected chi connectivity index (χ2v) is 8.08. The molecule has 1 aliphatic heterocycles. The molecule has 0 amide bonds. The predicted octanol–water partition coefficient (Wildman–Crippen LogP) is 1.32. The van der Waals surface area contributed by atoms with Gasteiger partial charge in [0.25, 0.3) is 0 Å². The van der Waals surface area contributed by atoms with Crippen LogP contribution in [0.4, 0.5) is 0 Å². The second-order valence-electron chi connectivity index (χ2n) is 5.87. The van der Waals surface area contributed by atoms with Crippen molar-refractivity contribution >= 4 is 10.0 Å². The van der Waals surface area contributed by atoms with Crippen molar-refractivity contribution in [1.82, 2.24) is 4.31 Å². The number of nitrogens with zero attached hydrogens (tertiary/aromatic N) is 1. The fourth-order valence-electron chi connectivity index (χ4n) is 2.88. The van der Waals surface area contributed by atoms with Gasteiger partial charge in [-0.15, -0.1) is 0 Å². The average Bonchev–Trinajstić information content (AvgIpc) is 2.84. The number of hydrogen-bond acceptors (Lipinski definition) is 3. The van der Waals surface area contributed by atoms with Gasteiger partial charge in [-0.2, -0.15) is 0 Å². The van der Waals surface area contributed by atoms with Crippen molar-refractivity contribution < 1.29 is 8.42 Å². The predicted molar refractivity (Wildman–Crippen MR) is 69.1 cm³/mol. The largest absolute Gasteiger partial charge is 0.330 e. The van der Waals surface area contributed by atoms with Gasteiger partial charge in [0.15, 0.2) is 0 Å². The molecule has 2 N–H and O–H groups in total. The molecular formula is C12H24N2O2S. The molecule has 17 heavy (non-hydrogen) atoms. The third kappa shape index (κ3) is 2.66. The van der Waals surface area contributed by atoms with Gasteiger partial charge in [0.1, 0.15) is 0 Å². The third-order valence-corrected chi connectivity index (χ3v) is 6.90. The zero-order valence-electron chi connectivity index (χ0n) is 10.7. The Balaban J connectivity index is 2.00. The van der Waals surface area contributed by atoms with Crippen LogP contribution in [0, 0.1) is 5.41 Å². The molecule has 2 fully saturated rings. The van der Waals surface area contributed by atoms with Gasteiger partial charge in [-0.25, -0.2) is 12.7 Å². The van der Waals surface area contributed by atoms with Gasteiger partial charge in [-0.3, -0.25) is 0 Å². The first kappa shape index (κ1) is 13.3. The molecule has 0 aromatic carbocycles. The van der Waals surface area contributed by atoms with Crippen molar-refractivity contribution in [2.45, 2.75) is 50.7 Å². The third-order valence-electron chi connectivity index (χ3n) is 4.51. The minimum absolute atomic E-state index is 0.107. The van der Waals surface area contributed by atoms with Crippen LogP contribution in [-0.2, 0) is 10.0 Å². The molecule has 0 atom stereocenters. The minimum Gasteiger partial charge on any atom is -0.330 e. The van der Waals surface area contributed by atoms with Crippen LogP contribution in [0.25, 0.3) is 0 Å². The molecule has 0 aromatic rings. The molecule has 1 aliphatic carbocycles. The van der Waals surface area contributed by atoms with E-state index in [2.05, 4.69) is 6.92 Å². The van der Waals surface area contributed by atoms with E-state index in [0.717, 1.165) is 38.5 Å². The number of rotatable bonds is 3. The van der Waals surface area contributed by atoms with Crippen LogP contribution < -0.4 is 5.73 Å². The fraction of sp³-hybridized carbons (Fsp3) is 1.00. The minimum atomic E-state index is -3.03. The first-order chi connectivity index (χ1) is 7.98. The van der Waals surface area contributed by atoms with Gasteiger partial charge in [-0.1, -0.05) is 19.8 Å². The molecule has 100 valence electrons.